The van der Waals surface area contributed by atoms with E-state index in [1.54, 1.807) is 32.4 Å². The van der Waals surface area contributed by atoms with E-state index in [2.05, 4.69) is 29.2 Å². The zero-order valence-corrected chi connectivity index (χ0v) is 20.1. The highest BCUT2D eigenvalue weighted by Crippen LogP contribution is 2.32. The Morgan fingerprint density at radius 2 is 1.21 bits per heavy atom. The normalized spacial score (nSPS) is 14.4. The summed E-state index contributed by atoms with van der Waals surface area (Å²) in [5.74, 6) is 1.17. The van der Waals surface area contributed by atoms with E-state index < -0.39 is 0 Å². The molecule has 1 saturated heterocycles. The van der Waals surface area contributed by atoms with Gasteiger partial charge in [-0.05, 0) is 47.5 Å². The number of methoxy groups -OCH3 is 2. The maximum Gasteiger partial charge on any atom is 0.254 e. The minimum atomic E-state index is -0.0265. The molecule has 5 nitrogen and oxygen atoms in total. The maximum atomic E-state index is 13.2. The van der Waals surface area contributed by atoms with Crippen LogP contribution in [0.2, 0.25) is 10.0 Å². The number of ether oxygens (including phenoxy) is 2. The van der Waals surface area contributed by atoms with Gasteiger partial charge in [-0.2, -0.15) is 0 Å². The Morgan fingerprint density at radius 3 is 1.64 bits per heavy atom. The zero-order valence-electron chi connectivity index (χ0n) is 18.6. The second kappa shape index (κ2) is 10.5. The van der Waals surface area contributed by atoms with Crippen LogP contribution in [0.1, 0.15) is 27.5 Å². The Hall–Kier alpha value is -2.73. The molecule has 1 heterocycles. The molecule has 0 unspecified atom stereocenters. The third-order valence-electron chi connectivity index (χ3n) is 5.94. The number of halogens is 2. The predicted molar refractivity (Wildman–Crippen MR) is 132 cm³/mol. The number of rotatable bonds is 6. The number of amides is 1. The van der Waals surface area contributed by atoms with E-state index in [0.29, 0.717) is 40.2 Å². The van der Waals surface area contributed by atoms with Crippen LogP contribution in [0.4, 0.5) is 0 Å². The third kappa shape index (κ3) is 5.44. The molecule has 1 aliphatic rings. The van der Waals surface area contributed by atoms with Gasteiger partial charge in [0.2, 0.25) is 0 Å². The van der Waals surface area contributed by atoms with Crippen molar-refractivity contribution in [3.05, 3.63) is 93.5 Å². The van der Waals surface area contributed by atoms with Crippen molar-refractivity contribution in [3.8, 4) is 11.5 Å². The largest absolute Gasteiger partial charge is 0.497 e. The fourth-order valence-electron chi connectivity index (χ4n) is 4.20. The Labute approximate surface area is 204 Å². The second-order valence-electron chi connectivity index (χ2n) is 7.94. The van der Waals surface area contributed by atoms with Gasteiger partial charge in [-0.3, -0.25) is 9.69 Å². The number of carbonyl (C=O) groups excluding carboxylic acids is 1. The van der Waals surface area contributed by atoms with Crippen molar-refractivity contribution in [3.63, 3.8) is 0 Å². The summed E-state index contributed by atoms with van der Waals surface area (Å²) in [5, 5.41) is 1.41. The molecule has 0 aliphatic carbocycles. The van der Waals surface area contributed by atoms with Gasteiger partial charge in [0, 0.05) is 47.9 Å². The molecule has 0 radical (unpaired) electrons. The highest BCUT2D eigenvalue weighted by atomic mass is 35.5. The number of hydrogen-bond donors (Lipinski definition) is 0. The summed E-state index contributed by atoms with van der Waals surface area (Å²) in [4.78, 5) is 17.5. The number of nitrogens with zero attached hydrogens (tertiary/aromatic N) is 2. The summed E-state index contributed by atoms with van der Waals surface area (Å²) >= 11 is 12.3. The molecule has 3 aromatic carbocycles. The predicted octanol–water partition coefficient (Wildman–Crippen LogP) is 5.56. The van der Waals surface area contributed by atoms with Crippen LogP contribution in [0.5, 0.6) is 11.5 Å². The Balaban J connectivity index is 1.53. The summed E-state index contributed by atoms with van der Waals surface area (Å²) in [5.41, 5.74) is 2.87. The average Bonchev–Trinajstić information content (AvgIpc) is 2.86. The monoisotopic (exact) mass is 484 g/mol. The van der Waals surface area contributed by atoms with Gasteiger partial charge in [-0.1, -0.05) is 47.5 Å². The lowest BCUT2D eigenvalue weighted by Gasteiger charge is -2.40. The van der Waals surface area contributed by atoms with E-state index in [1.165, 1.54) is 0 Å². The summed E-state index contributed by atoms with van der Waals surface area (Å²) in [6.07, 6.45) is 0. The molecule has 7 heteroatoms. The van der Waals surface area contributed by atoms with Gasteiger partial charge in [-0.15, -0.1) is 0 Å². The smallest absolute Gasteiger partial charge is 0.254 e. The van der Waals surface area contributed by atoms with E-state index in [0.717, 1.165) is 24.2 Å². The van der Waals surface area contributed by atoms with Gasteiger partial charge < -0.3 is 14.4 Å². The van der Waals surface area contributed by atoms with Crippen molar-refractivity contribution in [1.29, 1.82) is 0 Å². The summed E-state index contributed by atoms with van der Waals surface area (Å²) in [7, 11) is 3.16. The molecule has 1 aliphatic heterocycles. The van der Waals surface area contributed by atoms with Gasteiger partial charge in [0.15, 0.2) is 0 Å². The van der Waals surface area contributed by atoms with Crippen molar-refractivity contribution in [2.45, 2.75) is 6.04 Å². The van der Waals surface area contributed by atoms with Crippen LogP contribution in [-0.2, 0) is 0 Å². The quantitative estimate of drug-likeness (QED) is 0.459. The highest BCUT2D eigenvalue weighted by molar-refractivity contribution is 6.30. The molecule has 172 valence electrons. The molecule has 0 bridgehead atoms. The van der Waals surface area contributed by atoms with E-state index in [9.17, 15) is 4.79 Å². The standard InChI is InChI=1S/C26H26Cl2N2O3/c1-32-23-15-20(16-24(17-23)33-2)26(31)30-13-11-29(12-14-30)25(18-3-7-21(27)8-4-18)19-5-9-22(28)10-6-19/h3-10,15-17,25H,11-14H2,1-2H3. The summed E-state index contributed by atoms with van der Waals surface area (Å²) in [6.45, 7) is 2.72. The van der Waals surface area contributed by atoms with Gasteiger partial charge in [0.05, 0.1) is 20.3 Å². The number of piperazine rings is 1. The lowest BCUT2D eigenvalue weighted by molar-refractivity contribution is 0.0596. The third-order valence-corrected chi connectivity index (χ3v) is 6.44. The van der Waals surface area contributed by atoms with Crippen LogP contribution in [0.15, 0.2) is 66.7 Å². The van der Waals surface area contributed by atoms with E-state index in [1.807, 2.05) is 29.2 Å². The average molecular weight is 485 g/mol. The molecule has 0 spiro atoms. The molecule has 1 fully saturated rings. The van der Waals surface area contributed by atoms with Crippen LogP contribution in [0, 0.1) is 0 Å². The minimum Gasteiger partial charge on any atom is -0.497 e. The first-order valence-corrected chi connectivity index (χ1v) is 11.5. The summed E-state index contributed by atoms with van der Waals surface area (Å²) in [6, 6.07) is 21.2. The molecule has 1 amide bonds. The lowest BCUT2D eigenvalue weighted by atomic mass is 9.96. The van der Waals surface area contributed by atoms with Crippen molar-refractivity contribution in [2.24, 2.45) is 0 Å². The molecule has 0 aromatic heterocycles. The van der Waals surface area contributed by atoms with Crippen molar-refractivity contribution in [2.75, 3.05) is 40.4 Å². The van der Waals surface area contributed by atoms with Crippen LogP contribution in [0.3, 0.4) is 0 Å². The van der Waals surface area contributed by atoms with Crippen LogP contribution in [-0.4, -0.2) is 56.1 Å². The first-order chi connectivity index (χ1) is 16.0. The van der Waals surface area contributed by atoms with Crippen molar-refractivity contribution < 1.29 is 14.3 Å². The summed E-state index contributed by atoms with van der Waals surface area (Å²) < 4.78 is 10.6. The Bertz CT molecular complexity index is 1030. The van der Waals surface area contributed by atoms with Crippen molar-refractivity contribution >= 4 is 29.1 Å². The molecule has 0 N–H and O–H groups in total. The highest BCUT2D eigenvalue weighted by Gasteiger charge is 2.29. The fourth-order valence-corrected chi connectivity index (χ4v) is 4.45. The Kier molecular flexibility index (Phi) is 7.43. The van der Waals surface area contributed by atoms with E-state index >= 15 is 0 Å². The Morgan fingerprint density at radius 1 is 0.758 bits per heavy atom. The van der Waals surface area contributed by atoms with Gasteiger partial charge in [-0.25, -0.2) is 0 Å². The fraction of sp³-hybridized carbons (Fsp3) is 0.269. The van der Waals surface area contributed by atoms with Crippen LogP contribution in [0.25, 0.3) is 0 Å². The molecular formula is C26H26Cl2N2O3. The molecular weight excluding hydrogens is 459 g/mol. The lowest BCUT2D eigenvalue weighted by Crippen LogP contribution is -2.49. The van der Waals surface area contributed by atoms with Gasteiger partial charge in [0.1, 0.15) is 11.5 Å². The minimum absolute atomic E-state index is 0.0265. The van der Waals surface area contributed by atoms with E-state index in [4.69, 9.17) is 32.7 Å². The maximum absolute atomic E-state index is 13.2. The molecule has 33 heavy (non-hydrogen) atoms. The van der Waals surface area contributed by atoms with Gasteiger partial charge >= 0.3 is 0 Å². The first-order valence-electron chi connectivity index (χ1n) is 10.8. The molecule has 3 aromatic rings. The SMILES string of the molecule is COc1cc(OC)cc(C(=O)N2CCN(C(c3ccc(Cl)cc3)c3ccc(Cl)cc3)CC2)c1. The van der Waals surface area contributed by atoms with E-state index in [-0.39, 0.29) is 11.9 Å². The molecule has 4 rings (SSSR count). The topological polar surface area (TPSA) is 42.0 Å². The number of carbonyl (C=O) groups is 1. The number of benzene rings is 3. The van der Waals surface area contributed by atoms with Crippen LogP contribution < -0.4 is 9.47 Å². The van der Waals surface area contributed by atoms with Gasteiger partial charge in [0.25, 0.3) is 5.91 Å². The van der Waals surface area contributed by atoms with Crippen molar-refractivity contribution in [1.82, 2.24) is 9.80 Å². The van der Waals surface area contributed by atoms with Crippen LogP contribution >= 0.6 is 23.2 Å². The zero-order chi connectivity index (χ0) is 23.4. The first kappa shape index (κ1) is 23.4. The number of hydrogen-bond acceptors (Lipinski definition) is 4. The second-order valence-corrected chi connectivity index (χ2v) is 8.81. The molecule has 0 atom stereocenters. The molecule has 0 saturated carbocycles.